The van der Waals surface area contributed by atoms with E-state index in [0.717, 1.165) is 18.4 Å². The van der Waals surface area contributed by atoms with Crippen LogP contribution in [-0.2, 0) is 6.42 Å². The van der Waals surface area contributed by atoms with Crippen LogP contribution in [0, 0.1) is 5.82 Å². The summed E-state index contributed by atoms with van der Waals surface area (Å²) in [6, 6.07) is 4.54. The number of halogens is 1. The van der Waals surface area contributed by atoms with Gasteiger partial charge in [-0.1, -0.05) is 12.1 Å². The molecule has 0 saturated heterocycles. The molecule has 0 heterocycles. The van der Waals surface area contributed by atoms with Crippen LogP contribution in [0.25, 0.3) is 0 Å². The van der Waals surface area contributed by atoms with Crippen molar-refractivity contribution >= 4 is 0 Å². The van der Waals surface area contributed by atoms with Crippen molar-refractivity contribution in [2.45, 2.75) is 25.0 Å². The second-order valence-electron chi connectivity index (χ2n) is 3.46. The van der Waals surface area contributed by atoms with Crippen LogP contribution in [0.4, 0.5) is 4.39 Å². The van der Waals surface area contributed by atoms with E-state index < -0.39 is 6.10 Å². The monoisotopic (exact) mass is 181 g/mol. The maximum absolute atomic E-state index is 13.3. The van der Waals surface area contributed by atoms with E-state index in [-0.39, 0.29) is 11.9 Å². The maximum Gasteiger partial charge on any atom is 0.129 e. The van der Waals surface area contributed by atoms with Gasteiger partial charge in [-0.3, -0.25) is 0 Å². The van der Waals surface area contributed by atoms with Gasteiger partial charge in [0.05, 0.1) is 6.10 Å². The van der Waals surface area contributed by atoms with E-state index in [0.29, 0.717) is 5.56 Å². The molecule has 1 aliphatic carbocycles. The second-order valence-corrected chi connectivity index (χ2v) is 3.46. The van der Waals surface area contributed by atoms with Crippen LogP contribution < -0.4 is 5.73 Å². The number of aryl methyl sites for hydroxylation is 1. The summed E-state index contributed by atoms with van der Waals surface area (Å²) in [6.45, 7) is 0. The van der Waals surface area contributed by atoms with Crippen LogP contribution in [0.15, 0.2) is 18.2 Å². The molecule has 1 aromatic rings. The van der Waals surface area contributed by atoms with E-state index in [1.807, 2.05) is 6.07 Å². The number of aliphatic hydroxyl groups excluding tert-OH is 1. The molecule has 2 nitrogen and oxygen atoms in total. The predicted octanol–water partition coefficient (Wildman–Crippen LogP) is 1.13. The summed E-state index contributed by atoms with van der Waals surface area (Å²) in [5.74, 6) is -0.347. The van der Waals surface area contributed by atoms with Gasteiger partial charge >= 0.3 is 0 Å². The molecule has 2 rings (SSSR count). The zero-order valence-electron chi connectivity index (χ0n) is 7.20. The first-order chi connectivity index (χ1) is 6.20. The van der Waals surface area contributed by atoms with Gasteiger partial charge in [-0.05, 0) is 24.5 Å². The van der Waals surface area contributed by atoms with Gasteiger partial charge < -0.3 is 10.8 Å². The highest BCUT2D eigenvalue weighted by molar-refractivity contribution is 5.33. The Bertz CT molecular complexity index is 327. The highest BCUT2D eigenvalue weighted by atomic mass is 19.1. The number of aliphatic hydroxyl groups is 1. The number of nitrogens with two attached hydrogens (primary N) is 1. The summed E-state index contributed by atoms with van der Waals surface area (Å²) >= 11 is 0. The number of fused-ring (bicyclic) bond motifs is 1. The lowest BCUT2D eigenvalue weighted by Gasteiger charge is -2.27. The summed E-state index contributed by atoms with van der Waals surface area (Å²) in [7, 11) is 0. The van der Waals surface area contributed by atoms with Crippen molar-refractivity contribution < 1.29 is 9.50 Å². The van der Waals surface area contributed by atoms with Crippen molar-refractivity contribution in [3.63, 3.8) is 0 Å². The summed E-state index contributed by atoms with van der Waals surface area (Å²) in [6.07, 6.45) is 0.632. The molecule has 3 N–H and O–H groups in total. The third-order valence-electron chi connectivity index (χ3n) is 2.59. The van der Waals surface area contributed by atoms with E-state index in [1.165, 1.54) is 6.07 Å². The largest absolute Gasteiger partial charge is 0.387 e. The molecule has 3 heteroatoms. The number of hydrogen-bond donors (Lipinski definition) is 2. The summed E-state index contributed by atoms with van der Waals surface area (Å²) in [5, 5.41) is 9.65. The zero-order chi connectivity index (χ0) is 9.42. The highest BCUT2D eigenvalue weighted by Gasteiger charge is 2.27. The molecule has 0 spiro atoms. The van der Waals surface area contributed by atoms with Gasteiger partial charge in [-0.25, -0.2) is 4.39 Å². The topological polar surface area (TPSA) is 46.2 Å². The van der Waals surface area contributed by atoms with Crippen LogP contribution in [0.3, 0.4) is 0 Å². The third kappa shape index (κ3) is 1.34. The molecule has 0 radical (unpaired) electrons. The van der Waals surface area contributed by atoms with Gasteiger partial charge in [-0.2, -0.15) is 0 Å². The average Bonchev–Trinajstić information content (AvgIpc) is 2.12. The lowest BCUT2D eigenvalue weighted by molar-refractivity contribution is 0.129. The first kappa shape index (κ1) is 8.66. The Kier molecular flexibility index (Phi) is 2.06. The SMILES string of the molecule is N[C@H]1CCc2cccc(F)c2[C@H]1O. The number of hydrogen-bond acceptors (Lipinski definition) is 2. The fourth-order valence-corrected chi connectivity index (χ4v) is 1.83. The predicted molar refractivity (Wildman–Crippen MR) is 47.7 cm³/mol. The average molecular weight is 181 g/mol. The van der Waals surface area contributed by atoms with Gasteiger partial charge in [0.2, 0.25) is 0 Å². The molecule has 0 amide bonds. The highest BCUT2D eigenvalue weighted by Crippen LogP contribution is 2.30. The van der Waals surface area contributed by atoms with Crippen molar-refractivity contribution in [1.82, 2.24) is 0 Å². The number of benzene rings is 1. The van der Waals surface area contributed by atoms with Gasteiger partial charge in [0.25, 0.3) is 0 Å². The standard InChI is InChI=1S/C10H12FNO/c11-7-3-1-2-6-4-5-8(12)10(13)9(6)7/h1-3,8,10,13H,4-5,12H2/t8-,10-/m0/s1. The fourth-order valence-electron chi connectivity index (χ4n) is 1.83. The molecule has 70 valence electrons. The summed E-state index contributed by atoms with van der Waals surface area (Å²) in [5.41, 5.74) is 6.92. The van der Waals surface area contributed by atoms with Gasteiger partial charge in [0.15, 0.2) is 0 Å². The summed E-state index contributed by atoms with van der Waals surface area (Å²) < 4.78 is 13.3. The van der Waals surface area contributed by atoms with Crippen molar-refractivity contribution in [2.24, 2.45) is 5.73 Å². The minimum atomic E-state index is -0.843. The first-order valence-corrected chi connectivity index (χ1v) is 4.41. The van der Waals surface area contributed by atoms with Crippen LogP contribution in [0.2, 0.25) is 0 Å². The van der Waals surface area contributed by atoms with Gasteiger partial charge in [0.1, 0.15) is 5.82 Å². The van der Waals surface area contributed by atoms with Crippen molar-refractivity contribution in [3.8, 4) is 0 Å². The van der Waals surface area contributed by atoms with E-state index in [9.17, 15) is 9.50 Å². The Labute approximate surface area is 76.2 Å². The third-order valence-corrected chi connectivity index (χ3v) is 2.59. The molecular formula is C10H12FNO. The molecule has 0 aliphatic heterocycles. The van der Waals surface area contributed by atoms with Gasteiger partial charge in [0, 0.05) is 11.6 Å². The zero-order valence-corrected chi connectivity index (χ0v) is 7.20. The quantitative estimate of drug-likeness (QED) is 0.630. The lowest BCUT2D eigenvalue weighted by atomic mass is 9.86. The van der Waals surface area contributed by atoms with E-state index in [1.54, 1.807) is 6.07 Å². The molecule has 0 unspecified atom stereocenters. The first-order valence-electron chi connectivity index (χ1n) is 4.41. The second kappa shape index (κ2) is 3.09. The van der Waals surface area contributed by atoms with Crippen LogP contribution in [0.5, 0.6) is 0 Å². The molecule has 1 aromatic carbocycles. The molecule has 0 bridgehead atoms. The van der Waals surface area contributed by atoms with Crippen molar-refractivity contribution in [3.05, 3.63) is 35.1 Å². The molecular weight excluding hydrogens is 169 g/mol. The Hall–Kier alpha value is -0.930. The van der Waals surface area contributed by atoms with E-state index in [2.05, 4.69) is 0 Å². The Morgan fingerprint density at radius 2 is 2.23 bits per heavy atom. The molecule has 0 fully saturated rings. The molecule has 2 atom stereocenters. The lowest BCUT2D eigenvalue weighted by Crippen LogP contribution is -2.33. The molecule has 13 heavy (non-hydrogen) atoms. The minimum Gasteiger partial charge on any atom is -0.387 e. The van der Waals surface area contributed by atoms with E-state index >= 15 is 0 Å². The fraction of sp³-hybridized carbons (Fsp3) is 0.400. The van der Waals surface area contributed by atoms with E-state index in [4.69, 9.17) is 5.73 Å². The van der Waals surface area contributed by atoms with Crippen molar-refractivity contribution in [1.29, 1.82) is 0 Å². The van der Waals surface area contributed by atoms with Crippen molar-refractivity contribution in [2.75, 3.05) is 0 Å². The minimum absolute atomic E-state index is 0.329. The molecule has 0 aromatic heterocycles. The smallest absolute Gasteiger partial charge is 0.129 e. The Balaban J connectivity index is 2.51. The number of rotatable bonds is 0. The van der Waals surface area contributed by atoms with Crippen LogP contribution in [0.1, 0.15) is 23.7 Å². The molecule has 0 saturated carbocycles. The molecule has 1 aliphatic rings. The summed E-state index contributed by atoms with van der Waals surface area (Å²) in [4.78, 5) is 0. The van der Waals surface area contributed by atoms with Crippen LogP contribution in [-0.4, -0.2) is 11.1 Å². The van der Waals surface area contributed by atoms with Crippen LogP contribution >= 0.6 is 0 Å². The Morgan fingerprint density at radius 1 is 1.46 bits per heavy atom. The van der Waals surface area contributed by atoms with Gasteiger partial charge in [-0.15, -0.1) is 0 Å². The maximum atomic E-state index is 13.3. The normalized spacial score (nSPS) is 27.0. The Morgan fingerprint density at radius 3 is 3.00 bits per heavy atom.